The molecular formula is C13H13BrN2O. The molecule has 2 rings (SSSR count). The minimum Gasteiger partial charge on any atom is -0.298 e. The van der Waals surface area contributed by atoms with Crippen LogP contribution in [-0.2, 0) is 0 Å². The second-order valence-corrected chi connectivity index (χ2v) is 4.92. The minimum absolute atomic E-state index is 0.664. The topological polar surface area (TPSA) is 34.9 Å². The van der Waals surface area contributed by atoms with Crippen LogP contribution < -0.4 is 0 Å². The van der Waals surface area contributed by atoms with Gasteiger partial charge in [0, 0.05) is 4.47 Å². The van der Waals surface area contributed by atoms with Gasteiger partial charge >= 0.3 is 0 Å². The summed E-state index contributed by atoms with van der Waals surface area (Å²) in [5.41, 5.74) is 4.41. The van der Waals surface area contributed by atoms with Gasteiger partial charge in [-0.3, -0.25) is 4.79 Å². The smallest absolute Gasteiger partial charge is 0.153 e. The molecule has 2 aromatic rings. The summed E-state index contributed by atoms with van der Waals surface area (Å²) in [6.45, 7) is 5.78. The summed E-state index contributed by atoms with van der Waals surface area (Å²) in [7, 11) is 0. The molecule has 0 saturated heterocycles. The second-order valence-electron chi connectivity index (χ2n) is 4.07. The number of benzene rings is 1. The molecule has 1 heterocycles. The van der Waals surface area contributed by atoms with Gasteiger partial charge in [0.05, 0.1) is 22.6 Å². The van der Waals surface area contributed by atoms with Gasteiger partial charge in [0.2, 0.25) is 0 Å². The van der Waals surface area contributed by atoms with Crippen LogP contribution >= 0.6 is 15.9 Å². The third kappa shape index (κ3) is 2.05. The third-order valence-corrected chi connectivity index (χ3v) is 3.43. The quantitative estimate of drug-likeness (QED) is 0.796. The maximum atomic E-state index is 11.0. The van der Waals surface area contributed by atoms with Crippen molar-refractivity contribution >= 4 is 22.2 Å². The zero-order valence-electron chi connectivity index (χ0n) is 9.99. The van der Waals surface area contributed by atoms with Gasteiger partial charge < -0.3 is 0 Å². The molecule has 0 bridgehead atoms. The fraction of sp³-hybridized carbons (Fsp3) is 0.231. The van der Waals surface area contributed by atoms with Crippen molar-refractivity contribution in [1.82, 2.24) is 9.78 Å². The molecule has 0 fully saturated rings. The minimum atomic E-state index is 0.664. The number of hydrogen-bond donors (Lipinski definition) is 0. The molecule has 0 spiro atoms. The summed E-state index contributed by atoms with van der Waals surface area (Å²) in [4.78, 5) is 11.0. The van der Waals surface area contributed by atoms with Crippen molar-refractivity contribution in [2.45, 2.75) is 20.8 Å². The van der Waals surface area contributed by atoms with E-state index in [9.17, 15) is 4.79 Å². The van der Waals surface area contributed by atoms with Crippen LogP contribution in [0.1, 0.15) is 27.3 Å². The van der Waals surface area contributed by atoms with Crippen molar-refractivity contribution in [3.8, 4) is 5.69 Å². The van der Waals surface area contributed by atoms with Gasteiger partial charge in [-0.1, -0.05) is 6.07 Å². The largest absolute Gasteiger partial charge is 0.298 e. The molecule has 0 N–H and O–H groups in total. The van der Waals surface area contributed by atoms with Crippen LogP contribution in [0.5, 0.6) is 0 Å². The van der Waals surface area contributed by atoms with Crippen LogP contribution in [0.15, 0.2) is 22.7 Å². The Hall–Kier alpha value is -1.42. The third-order valence-electron chi connectivity index (χ3n) is 2.80. The normalized spacial score (nSPS) is 10.6. The number of hydrogen-bond acceptors (Lipinski definition) is 2. The fourth-order valence-electron chi connectivity index (χ4n) is 1.84. The van der Waals surface area contributed by atoms with Crippen molar-refractivity contribution in [2.24, 2.45) is 0 Å². The Morgan fingerprint density at radius 3 is 2.53 bits per heavy atom. The summed E-state index contributed by atoms with van der Waals surface area (Å²) in [6, 6.07) is 6.05. The summed E-state index contributed by atoms with van der Waals surface area (Å²) in [5, 5.41) is 4.40. The average molecular weight is 293 g/mol. The first-order valence-corrected chi connectivity index (χ1v) is 6.12. The molecule has 0 atom stereocenters. The Labute approximate surface area is 109 Å². The Balaban J connectivity index is 2.65. The molecule has 1 aromatic heterocycles. The zero-order chi connectivity index (χ0) is 12.6. The highest BCUT2D eigenvalue weighted by Gasteiger charge is 2.13. The molecule has 1 aromatic carbocycles. The van der Waals surface area contributed by atoms with Crippen LogP contribution in [0.4, 0.5) is 0 Å². The van der Waals surface area contributed by atoms with Gasteiger partial charge in [-0.2, -0.15) is 5.10 Å². The molecule has 88 valence electrons. The summed E-state index contributed by atoms with van der Waals surface area (Å²) >= 11 is 3.52. The molecule has 0 radical (unpaired) electrons. The summed E-state index contributed by atoms with van der Waals surface area (Å²) in [6.07, 6.45) is 0.857. The highest BCUT2D eigenvalue weighted by atomic mass is 79.9. The molecule has 0 aliphatic rings. The van der Waals surface area contributed by atoms with E-state index in [1.54, 1.807) is 4.68 Å². The van der Waals surface area contributed by atoms with Crippen LogP contribution in [-0.4, -0.2) is 16.1 Å². The van der Waals surface area contributed by atoms with Gasteiger partial charge in [0.1, 0.15) is 0 Å². The van der Waals surface area contributed by atoms with Crippen molar-refractivity contribution in [2.75, 3.05) is 0 Å². The van der Waals surface area contributed by atoms with Crippen LogP contribution in [0.25, 0.3) is 5.69 Å². The second kappa shape index (κ2) is 4.45. The van der Waals surface area contributed by atoms with Crippen LogP contribution in [0.2, 0.25) is 0 Å². The van der Waals surface area contributed by atoms with E-state index in [2.05, 4.69) is 21.0 Å². The lowest BCUT2D eigenvalue weighted by atomic mass is 10.2. The van der Waals surface area contributed by atoms with E-state index in [0.717, 1.165) is 27.8 Å². The molecule has 4 heteroatoms. The lowest BCUT2D eigenvalue weighted by molar-refractivity contribution is 0.112. The Morgan fingerprint density at radius 1 is 1.29 bits per heavy atom. The number of halogens is 1. The Morgan fingerprint density at radius 2 is 2.00 bits per heavy atom. The Bertz CT molecular complexity index is 587. The first-order valence-electron chi connectivity index (χ1n) is 5.32. The van der Waals surface area contributed by atoms with Gasteiger partial charge in [0.25, 0.3) is 0 Å². The SMILES string of the molecule is Cc1ccc(-n2nc(C)c(C=O)c2C)c(Br)c1. The molecule has 3 nitrogen and oxygen atoms in total. The number of rotatable bonds is 2. The van der Waals surface area contributed by atoms with E-state index in [4.69, 9.17) is 0 Å². The highest BCUT2D eigenvalue weighted by molar-refractivity contribution is 9.10. The number of carbonyl (C=O) groups excluding carboxylic acids is 1. The van der Waals surface area contributed by atoms with E-state index in [1.165, 1.54) is 5.56 Å². The lowest BCUT2D eigenvalue weighted by Crippen LogP contribution is -2.00. The number of nitrogens with zero attached hydrogens (tertiary/aromatic N) is 2. The van der Waals surface area contributed by atoms with Crippen molar-refractivity contribution in [3.05, 3.63) is 45.2 Å². The maximum absolute atomic E-state index is 11.0. The standard InChI is InChI=1S/C13H13BrN2O/c1-8-4-5-13(12(14)6-8)16-10(3)11(7-17)9(2)15-16/h4-7H,1-3H3. The predicted octanol–water partition coefficient (Wildman–Crippen LogP) is 3.37. The van der Waals surface area contributed by atoms with Crippen molar-refractivity contribution in [1.29, 1.82) is 0 Å². The monoisotopic (exact) mass is 292 g/mol. The molecule has 0 unspecified atom stereocenters. The van der Waals surface area contributed by atoms with Crippen molar-refractivity contribution in [3.63, 3.8) is 0 Å². The zero-order valence-corrected chi connectivity index (χ0v) is 11.6. The average Bonchev–Trinajstić information content (AvgIpc) is 2.54. The molecule has 0 aliphatic carbocycles. The Kier molecular flexibility index (Phi) is 3.15. The summed E-state index contributed by atoms with van der Waals surface area (Å²) < 4.78 is 2.77. The lowest BCUT2D eigenvalue weighted by Gasteiger charge is -2.07. The molecule has 17 heavy (non-hydrogen) atoms. The van der Waals surface area contributed by atoms with E-state index >= 15 is 0 Å². The number of aldehydes is 1. The van der Waals surface area contributed by atoms with E-state index in [1.807, 2.05) is 39.0 Å². The first kappa shape index (κ1) is 12.0. The van der Waals surface area contributed by atoms with Crippen LogP contribution in [0.3, 0.4) is 0 Å². The van der Waals surface area contributed by atoms with E-state index < -0.39 is 0 Å². The fourth-order valence-corrected chi connectivity index (χ4v) is 2.50. The number of carbonyl (C=O) groups is 1. The highest BCUT2D eigenvalue weighted by Crippen LogP contribution is 2.24. The van der Waals surface area contributed by atoms with Gasteiger partial charge in [-0.15, -0.1) is 0 Å². The van der Waals surface area contributed by atoms with Gasteiger partial charge in [-0.25, -0.2) is 4.68 Å². The molecule has 0 saturated carbocycles. The number of aryl methyl sites for hydroxylation is 2. The van der Waals surface area contributed by atoms with Gasteiger partial charge in [0.15, 0.2) is 6.29 Å². The summed E-state index contributed by atoms with van der Waals surface area (Å²) in [5.74, 6) is 0. The predicted molar refractivity (Wildman–Crippen MR) is 70.9 cm³/mol. The number of aromatic nitrogens is 2. The van der Waals surface area contributed by atoms with E-state index in [-0.39, 0.29) is 0 Å². The maximum Gasteiger partial charge on any atom is 0.153 e. The van der Waals surface area contributed by atoms with Gasteiger partial charge in [-0.05, 0) is 54.4 Å². The van der Waals surface area contributed by atoms with E-state index in [0.29, 0.717) is 5.56 Å². The van der Waals surface area contributed by atoms with Crippen LogP contribution in [0, 0.1) is 20.8 Å². The molecule has 0 amide bonds. The first-order chi connectivity index (χ1) is 8.04. The molecular weight excluding hydrogens is 280 g/mol. The molecule has 0 aliphatic heterocycles. The van der Waals surface area contributed by atoms with Crippen molar-refractivity contribution < 1.29 is 4.79 Å².